The average Bonchev–Trinajstić information content (AvgIpc) is 3.28. The average molecular weight is 422 g/mol. The molecule has 8 heteroatoms. The third-order valence-electron chi connectivity index (χ3n) is 3.84. The van der Waals surface area contributed by atoms with Gasteiger partial charge in [-0.15, -0.1) is 10.2 Å². The maximum atomic E-state index is 5.67. The Hall–Kier alpha value is -1.93. The van der Waals surface area contributed by atoms with E-state index in [-0.39, 0.29) is 0 Å². The number of rotatable bonds is 5. The zero-order valence-corrected chi connectivity index (χ0v) is 16.0. The molecule has 130 valence electrons. The van der Waals surface area contributed by atoms with Crippen molar-refractivity contribution >= 4 is 27.7 Å². The highest BCUT2D eigenvalue weighted by Crippen LogP contribution is 2.38. The molecule has 1 aliphatic rings. The Morgan fingerprint density at radius 3 is 2.72 bits per heavy atom. The van der Waals surface area contributed by atoms with Crippen LogP contribution in [0.5, 0.6) is 11.5 Å². The normalized spacial score (nSPS) is 13.2. The van der Waals surface area contributed by atoms with E-state index >= 15 is 0 Å². The number of halogens is 1. The molecule has 0 saturated carbocycles. The maximum Gasteiger partial charge on any atom is 0.200 e. The van der Waals surface area contributed by atoms with Crippen molar-refractivity contribution in [1.29, 1.82) is 0 Å². The second-order valence-electron chi connectivity index (χ2n) is 5.40. The van der Waals surface area contributed by atoms with E-state index in [9.17, 15) is 0 Å². The summed E-state index contributed by atoms with van der Waals surface area (Å²) in [6.45, 7) is 4.01. The van der Waals surface area contributed by atoms with Crippen LogP contribution in [-0.2, 0) is 12.3 Å². The first-order chi connectivity index (χ1) is 12.3. The van der Waals surface area contributed by atoms with Gasteiger partial charge in [0.2, 0.25) is 0 Å². The Bertz CT molecular complexity index is 880. The minimum atomic E-state index is 0.581. The van der Waals surface area contributed by atoms with Gasteiger partial charge in [0, 0.05) is 16.8 Å². The van der Waals surface area contributed by atoms with Gasteiger partial charge in [0.05, 0.1) is 6.26 Å². The van der Waals surface area contributed by atoms with Crippen LogP contribution in [0.2, 0.25) is 0 Å². The summed E-state index contributed by atoms with van der Waals surface area (Å²) in [4.78, 5) is 0. The van der Waals surface area contributed by atoms with E-state index in [2.05, 4.69) is 37.6 Å². The quantitative estimate of drug-likeness (QED) is 0.569. The molecular weight excluding hydrogens is 406 g/mol. The molecule has 4 rings (SSSR count). The fraction of sp³-hybridized carbons (Fsp3) is 0.294. The van der Waals surface area contributed by atoms with E-state index in [0.717, 1.165) is 50.6 Å². The van der Waals surface area contributed by atoms with Crippen molar-refractivity contribution in [3.8, 4) is 23.1 Å². The van der Waals surface area contributed by atoms with Gasteiger partial charge in [0.1, 0.15) is 13.2 Å². The summed E-state index contributed by atoms with van der Waals surface area (Å²) >= 11 is 5.24. The minimum absolute atomic E-state index is 0.581. The van der Waals surface area contributed by atoms with Gasteiger partial charge in [-0.1, -0.05) is 27.7 Å². The summed E-state index contributed by atoms with van der Waals surface area (Å²) in [5, 5.41) is 9.45. The highest BCUT2D eigenvalue weighted by atomic mass is 79.9. The van der Waals surface area contributed by atoms with E-state index < -0.39 is 0 Å². The molecule has 3 aromatic rings. The Morgan fingerprint density at radius 1 is 1.20 bits per heavy atom. The molecule has 0 spiro atoms. The van der Waals surface area contributed by atoms with E-state index in [1.54, 1.807) is 18.0 Å². The number of hydrogen-bond acceptors (Lipinski definition) is 6. The van der Waals surface area contributed by atoms with Gasteiger partial charge in [-0.2, -0.15) is 0 Å². The second-order valence-corrected chi connectivity index (χ2v) is 7.20. The Labute approximate surface area is 157 Å². The highest BCUT2D eigenvalue weighted by molar-refractivity contribution is 9.10. The molecule has 0 saturated heterocycles. The summed E-state index contributed by atoms with van der Waals surface area (Å²) in [6.07, 6.45) is 1.64. The summed E-state index contributed by atoms with van der Waals surface area (Å²) in [7, 11) is 0. The van der Waals surface area contributed by atoms with Gasteiger partial charge in [-0.3, -0.25) is 4.57 Å². The molecular formula is C17H16BrN3O3S. The molecule has 0 N–H and O–H groups in total. The van der Waals surface area contributed by atoms with Gasteiger partial charge in [-0.25, -0.2) is 0 Å². The van der Waals surface area contributed by atoms with Crippen molar-refractivity contribution in [1.82, 2.24) is 14.8 Å². The maximum absolute atomic E-state index is 5.67. The fourth-order valence-corrected chi connectivity index (χ4v) is 4.27. The van der Waals surface area contributed by atoms with Crippen molar-refractivity contribution < 1.29 is 13.9 Å². The van der Waals surface area contributed by atoms with Crippen LogP contribution in [0, 0.1) is 0 Å². The van der Waals surface area contributed by atoms with E-state index in [1.807, 2.05) is 24.3 Å². The number of aromatic nitrogens is 3. The van der Waals surface area contributed by atoms with Crippen molar-refractivity contribution in [3.05, 3.63) is 40.6 Å². The highest BCUT2D eigenvalue weighted by Gasteiger charge is 2.18. The Balaban J connectivity index is 1.56. The summed E-state index contributed by atoms with van der Waals surface area (Å²) in [5.41, 5.74) is 1.12. The molecule has 0 bridgehead atoms. The number of thioether (sulfide) groups is 1. The van der Waals surface area contributed by atoms with Crippen LogP contribution < -0.4 is 9.47 Å². The largest absolute Gasteiger partial charge is 0.486 e. The summed E-state index contributed by atoms with van der Waals surface area (Å²) in [5.74, 6) is 3.79. The third kappa shape index (κ3) is 3.28. The molecule has 0 atom stereocenters. The molecule has 0 amide bonds. The zero-order valence-electron chi connectivity index (χ0n) is 13.6. The number of ether oxygens (including phenoxy) is 2. The predicted molar refractivity (Wildman–Crippen MR) is 98.1 cm³/mol. The summed E-state index contributed by atoms with van der Waals surface area (Å²) in [6, 6.07) is 7.72. The van der Waals surface area contributed by atoms with Crippen LogP contribution in [-0.4, -0.2) is 28.0 Å². The van der Waals surface area contributed by atoms with Crippen molar-refractivity contribution in [2.45, 2.75) is 24.4 Å². The standard InChI is InChI=1S/C17H16BrN3O3S/c1-2-21-16(13-4-3-5-22-13)19-20-17(21)25-10-11-8-14-15(9-12(11)18)24-7-6-23-14/h3-5,8-9H,2,6-7,10H2,1H3. The van der Waals surface area contributed by atoms with Crippen LogP contribution in [0.25, 0.3) is 11.6 Å². The van der Waals surface area contributed by atoms with Crippen LogP contribution in [0.15, 0.2) is 44.6 Å². The fourth-order valence-electron chi connectivity index (χ4n) is 2.63. The minimum Gasteiger partial charge on any atom is -0.486 e. The molecule has 3 heterocycles. The van der Waals surface area contributed by atoms with E-state index in [4.69, 9.17) is 13.9 Å². The van der Waals surface area contributed by atoms with Crippen molar-refractivity contribution in [2.75, 3.05) is 13.2 Å². The van der Waals surface area contributed by atoms with E-state index in [1.165, 1.54) is 0 Å². The molecule has 1 aliphatic heterocycles. The van der Waals surface area contributed by atoms with Crippen molar-refractivity contribution in [2.24, 2.45) is 0 Å². The molecule has 1 aromatic carbocycles. The van der Waals surface area contributed by atoms with Gasteiger partial charge in [0.25, 0.3) is 0 Å². The third-order valence-corrected chi connectivity index (χ3v) is 5.60. The lowest BCUT2D eigenvalue weighted by molar-refractivity contribution is 0.171. The first-order valence-electron chi connectivity index (χ1n) is 7.94. The van der Waals surface area contributed by atoms with E-state index in [0.29, 0.717) is 13.2 Å². The van der Waals surface area contributed by atoms with Gasteiger partial charge < -0.3 is 13.9 Å². The number of benzene rings is 1. The zero-order chi connectivity index (χ0) is 17.2. The van der Waals surface area contributed by atoms with Gasteiger partial charge in [0.15, 0.2) is 28.2 Å². The molecule has 25 heavy (non-hydrogen) atoms. The molecule has 2 aromatic heterocycles. The molecule has 6 nitrogen and oxygen atoms in total. The van der Waals surface area contributed by atoms with Crippen LogP contribution in [0.3, 0.4) is 0 Å². The van der Waals surface area contributed by atoms with Crippen LogP contribution in [0.1, 0.15) is 12.5 Å². The SMILES string of the molecule is CCn1c(SCc2cc3c(cc2Br)OCCO3)nnc1-c1ccco1. The molecule has 0 fully saturated rings. The van der Waals surface area contributed by atoms with Gasteiger partial charge in [-0.05, 0) is 36.8 Å². The van der Waals surface area contributed by atoms with Crippen molar-refractivity contribution in [3.63, 3.8) is 0 Å². The Kier molecular flexibility index (Phi) is 4.72. The predicted octanol–water partition coefficient (Wildman–Crippen LogP) is 4.38. The van der Waals surface area contributed by atoms with Crippen LogP contribution in [0.4, 0.5) is 0 Å². The lowest BCUT2D eigenvalue weighted by atomic mass is 10.2. The Morgan fingerprint density at radius 2 is 2.00 bits per heavy atom. The number of hydrogen-bond donors (Lipinski definition) is 0. The number of furan rings is 1. The lowest BCUT2D eigenvalue weighted by Crippen LogP contribution is -2.15. The molecule has 0 aliphatic carbocycles. The topological polar surface area (TPSA) is 62.3 Å². The van der Waals surface area contributed by atoms with Crippen LogP contribution >= 0.6 is 27.7 Å². The lowest BCUT2D eigenvalue weighted by Gasteiger charge is -2.19. The first kappa shape index (κ1) is 16.5. The number of fused-ring (bicyclic) bond motifs is 1. The number of nitrogens with zero attached hydrogens (tertiary/aromatic N) is 3. The molecule has 0 unspecified atom stereocenters. The first-order valence-corrected chi connectivity index (χ1v) is 9.72. The summed E-state index contributed by atoms with van der Waals surface area (Å²) < 4.78 is 19.8. The molecule has 0 radical (unpaired) electrons. The smallest absolute Gasteiger partial charge is 0.200 e. The second kappa shape index (κ2) is 7.13. The van der Waals surface area contributed by atoms with Gasteiger partial charge >= 0.3 is 0 Å². The monoisotopic (exact) mass is 421 g/mol.